The molecule has 14 heteroatoms. The fourth-order valence-electron chi connectivity index (χ4n) is 5.08. The second kappa shape index (κ2) is 18.7. The second-order valence-corrected chi connectivity index (χ2v) is 12.5. The predicted molar refractivity (Wildman–Crippen MR) is 180 cm³/mol. The van der Waals surface area contributed by atoms with E-state index in [4.69, 9.17) is 9.47 Å². The van der Waals surface area contributed by atoms with Crippen molar-refractivity contribution >= 4 is 11.9 Å². The summed E-state index contributed by atoms with van der Waals surface area (Å²) in [5.41, 5.74) is -2.86. The van der Waals surface area contributed by atoms with Crippen molar-refractivity contribution in [2.24, 2.45) is 0 Å². The number of carbonyl (C=O) groups is 2. The van der Waals surface area contributed by atoms with Crippen molar-refractivity contribution in [3.8, 4) is 11.5 Å². The van der Waals surface area contributed by atoms with Crippen LogP contribution in [-0.2, 0) is 44.1 Å². The molecule has 0 bridgehead atoms. The van der Waals surface area contributed by atoms with Crippen molar-refractivity contribution in [1.29, 1.82) is 0 Å². The number of esters is 2. The lowest BCUT2D eigenvalue weighted by atomic mass is 10.0. The summed E-state index contributed by atoms with van der Waals surface area (Å²) in [5, 5.41) is 0. The van der Waals surface area contributed by atoms with Crippen LogP contribution in [0.25, 0.3) is 0 Å². The molecule has 0 amide bonds. The summed E-state index contributed by atoms with van der Waals surface area (Å²) in [6.45, 7) is 11.3. The number of ether oxygens (including phenoxy) is 4. The number of benzene rings is 3. The van der Waals surface area contributed by atoms with E-state index in [9.17, 15) is 27.2 Å². The minimum atomic E-state index is -4.54. The number of unbranched alkanes of at least 4 members (excludes halogenated alkanes) is 4. The lowest BCUT2D eigenvalue weighted by molar-refractivity contribution is -0.192. The molecule has 3 rings (SSSR count). The molecule has 53 heavy (non-hydrogen) atoms. The summed E-state index contributed by atoms with van der Waals surface area (Å²) in [6, 6.07) is 5.37. The van der Waals surface area contributed by atoms with Gasteiger partial charge < -0.3 is 18.9 Å². The molecule has 0 fully saturated rings. The summed E-state index contributed by atoms with van der Waals surface area (Å²) in [6.07, 6.45) is -5.95. The highest BCUT2D eigenvalue weighted by atomic mass is 19.3. The molecule has 0 unspecified atom stereocenters. The van der Waals surface area contributed by atoms with Crippen LogP contribution in [0, 0.1) is 30.2 Å². The summed E-state index contributed by atoms with van der Waals surface area (Å²) < 4.78 is 139. The molecular formula is C39H40F8O6. The summed E-state index contributed by atoms with van der Waals surface area (Å²) in [7, 11) is 0. The van der Waals surface area contributed by atoms with Crippen LogP contribution in [-0.4, -0.2) is 25.2 Å². The minimum Gasteiger partial charge on any atom is -0.462 e. The van der Waals surface area contributed by atoms with E-state index in [0.29, 0.717) is 38.5 Å². The summed E-state index contributed by atoms with van der Waals surface area (Å²) in [4.78, 5) is 22.8. The summed E-state index contributed by atoms with van der Waals surface area (Å²) >= 11 is 0. The Labute approximate surface area is 302 Å². The van der Waals surface area contributed by atoms with E-state index in [0.717, 1.165) is 49.4 Å². The summed E-state index contributed by atoms with van der Waals surface area (Å²) in [5.74, 6) is -8.69. The average Bonchev–Trinajstić information content (AvgIpc) is 3.04. The smallest absolute Gasteiger partial charge is 0.432 e. The number of aryl methyl sites for hydroxylation is 3. The molecule has 0 saturated carbocycles. The molecule has 3 aromatic rings. The Hall–Kier alpha value is -4.88. The van der Waals surface area contributed by atoms with Gasteiger partial charge in [0.15, 0.2) is 0 Å². The zero-order chi connectivity index (χ0) is 39.5. The minimum absolute atomic E-state index is 0.106. The second-order valence-electron chi connectivity index (χ2n) is 12.5. The van der Waals surface area contributed by atoms with Crippen molar-refractivity contribution in [1.82, 2.24) is 0 Å². The van der Waals surface area contributed by atoms with Crippen LogP contribution in [0.3, 0.4) is 0 Å². The first-order valence-electron chi connectivity index (χ1n) is 16.7. The molecule has 0 saturated heterocycles. The molecule has 0 heterocycles. The maximum absolute atomic E-state index is 15.1. The van der Waals surface area contributed by atoms with Gasteiger partial charge in [-0.15, -0.1) is 0 Å². The number of rotatable bonds is 20. The maximum Gasteiger partial charge on any atom is 0.432 e. The van der Waals surface area contributed by atoms with Gasteiger partial charge in [-0.1, -0.05) is 13.2 Å². The number of halogens is 8. The van der Waals surface area contributed by atoms with E-state index < -0.39 is 70.1 Å². The fraction of sp³-hybridized carbons (Fsp3) is 0.385. The van der Waals surface area contributed by atoms with Crippen LogP contribution in [0.15, 0.2) is 66.8 Å². The molecule has 0 aromatic heterocycles. The van der Waals surface area contributed by atoms with E-state index in [1.807, 2.05) is 0 Å². The lowest BCUT2D eigenvalue weighted by Gasteiger charge is -2.23. The molecule has 0 radical (unpaired) electrons. The van der Waals surface area contributed by atoms with E-state index in [2.05, 4.69) is 22.6 Å². The van der Waals surface area contributed by atoms with Gasteiger partial charge >= 0.3 is 24.2 Å². The Morgan fingerprint density at radius 1 is 0.604 bits per heavy atom. The lowest BCUT2D eigenvalue weighted by Crippen LogP contribution is -2.26. The largest absolute Gasteiger partial charge is 0.462 e. The van der Waals surface area contributed by atoms with Gasteiger partial charge in [0.25, 0.3) is 0 Å². The molecule has 288 valence electrons. The van der Waals surface area contributed by atoms with E-state index in [-0.39, 0.29) is 53.9 Å². The maximum atomic E-state index is 15.1. The normalized spacial score (nSPS) is 11.6. The number of hydrogen-bond donors (Lipinski definition) is 0. The van der Waals surface area contributed by atoms with Crippen LogP contribution in [0.1, 0.15) is 80.2 Å². The molecule has 6 nitrogen and oxygen atoms in total. The quantitative estimate of drug-likeness (QED) is 0.0495. The van der Waals surface area contributed by atoms with E-state index >= 15 is 17.6 Å². The van der Waals surface area contributed by atoms with Crippen molar-refractivity contribution in [3.05, 3.63) is 118 Å². The molecule has 0 aliphatic carbocycles. The van der Waals surface area contributed by atoms with Gasteiger partial charge in [0.1, 0.15) is 45.9 Å². The van der Waals surface area contributed by atoms with Gasteiger partial charge in [0, 0.05) is 11.1 Å². The molecule has 0 N–H and O–H groups in total. The third-order valence-electron chi connectivity index (χ3n) is 7.80. The van der Waals surface area contributed by atoms with Crippen molar-refractivity contribution < 1.29 is 63.7 Å². The third kappa shape index (κ3) is 12.4. The van der Waals surface area contributed by atoms with Crippen molar-refractivity contribution in [2.75, 3.05) is 13.2 Å². The molecule has 0 spiro atoms. The highest BCUT2D eigenvalue weighted by Gasteiger charge is 2.43. The Morgan fingerprint density at radius 3 is 1.38 bits per heavy atom. The Bertz CT molecular complexity index is 1760. The van der Waals surface area contributed by atoms with Gasteiger partial charge in [-0.2, -0.15) is 17.6 Å². The third-order valence-corrected chi connectivity index (χ3v) is 7.80. The Morgan fingerprint density at radius 2 is 1.00 bits per heavy atom. The zero-order valence-corrected chi connectivity index (χ0v) is 29.5. The first-order chi connectivity index (χ1) is 24.8. The first-order valence-corrected chi connectivity index (χ1v) is 16.7. The highest BCUT2D eigenvalue weighted by Crippen LogP contribution is 2.40. The highest BCUT2D eigenvalue weighted by molar-refractivity contribution is 5.87. The molecular weight excluding hydrogens is 716 g/mol. The Balaban J connectivity index is 1.61. The van der Waals surface area contributed by atoms with Crippen LogP contribution >= 0.6 is 0 Å². The van der Waals surface area contributed by atoms with E-state index in [1.165, 1.54) is 13.8 Å². The number of alkyl halides is 4. The van der Waals surface area contributed by atoms with Gasteiger partial charge in [-0.05, 0) is 131 Å². The number of carbonyl (C=O) groups excluding carboxylic acids is 2. The molecule has 3 aromatic carbocycles. The average molecular weight is 757 g/mol. The molecule has 0 aliphatic rings. The van der Waals surface area contributed by atoms with Crippen LogP contribution in [0.2, 0.25) is 0 Å². The van der Waals surface area contributed by atoms with Crippen LogP contribution in [0.4, 0.5) is 35.1 Å². The van der Waals surface area contributed by atoms with Crippen molar-refractivity contribution in [2.45, 2.75) is 84.4 Å². The van der Waals surface area contributed by atoms with Crippen LogP contribution in [0.5, 0.6) is 11.5 Å². The van der Waals surface area contributed by atoms with E-state index in [1.54, 1.807) is 0 Å². The molecule has 0 aliphatic heterocycles. The first kappa shape index (κ1) is 42.5. The van der Waals surface area contributed by atoms with Crippen LogP contribution < -0.4 is 9.47 Å². The predicted octanol–water partition coefficient (Wildman–Crippen LogP) is 10.5. The SMILES string of the molecule is C=C(C)C(=O)OCCCCCc1cc(F)c(C(F)(F)Oc2ccc(OC(F)(F)c3c(F)cc(CCCCCOC(=O)C(=C)C)cc3F)c(C)c2)c(F)c1. The van der Waals surface area contributed by atoms with Gasteiger partial charge in [-0.3, -0.25) is 0 Å². The fourth-order valence-corrected chi connectivity index (χ4v) is 5.08. The topological polar surface area (TPSA) is 71.1 Å². The number of hydrogen-bond acceptors (Lipinski definition) is 6. The molecule has 0 atom stereocenters. The zero-order valence-electron chi connectivity index (χ0n) is 29.5. The standard InChI is InChI=1S/C39H40F8O6/c1-23(2)36(48)50-16-10-6-8-12-26-19-29(40)34(30(41)20-26)38(44,45)52-28-14-15-33(25(5)18-28)53-39(46,47)35-31(42)21-27(22-32(35)43)13-9-7-11-17-51-37(49)24(3)4/h14-15,18-22H,1,3,6-13,16-17H2,2,4-5H3. The van der Waals surface area contributed by atoms with Gasteiger partial charge in [0.2, 0.25) is 0 Å². The monoisotopic (exact) mass is 756 g/mol. The van der Waals surface area contributed by atoms with Crippen molar-refractivity contribution in [3.63, 3.8) is 0 Å². The van der Waals surface area contributed by atoms with Gasteiger partial charge in [0.05, 0.1) is 13.2 Å². The Kier molecular flexibility index (Phi) is 15.0. The van der Waals surface area contributed by atoms with Gasteiger partial charge in [-0.25, -0.2) is 27.2 Å².